The van der Waals surface area contributed by atoms with Gasteiger partial charge in [0.2, 0.25) is 0 Å². The summed E-state index contributed by atoms with van der Waals surface area (Å²) in [6, 6.07) is 6.49. The maximum atomic E-state index is 6.45. The topological polar surface area (TPSA) is 38.5 Å². The Labute approximate surface area is 133 Å². The van der Waals surface area contributed by atoms with Crippen LogP contribution >= 0.6 is 11.6 Å². The molecule has 1 aliphatic rings. The number of anilines is 1. The van der Waals surface area contributed by atoms with Crippen molar-refractivity contribution in [2.45, 2.75) is 51.2 Å². The van der Waals surface area contributed by atoms with Crippen LogP contribution in [0.15, 0.2) is 18.2 Å². The molecule has 0 saturated carbocycles. The molecule has 3 nitrogen and oxygen atoms in total. The highest BCUT2D eigenvalue weighted by Crippen LogP contribution is 2.27. The van der Waals surface area contributed by atoms with Crippen LogP contribution in [0.5, 0.6) is 0 Å². The van der Waals surface area contributed by atoms with Crippen molar-refractivity contribution in [3.63, 3.8) is 0 Å². The average molecular weight is 311 g/mol. The van der Waals surface area contributed by atoms with E-state index in [1.807, 2.05) is 6.07 Å². The van der Waals surface area contributed by atoms with Gasteiger partial charge in [0.05, 0.1) is 16.8 Å². The van der Waals surface area contributed by atoms with Gasteiger partial charge in [-0.15, -0.1) is 0 Å². The van der Waals surface area contributed by atoms with Crippen LogP contribution in [0.25, 0.3) is 0 Å². The van der Waals surface area contributed by atoms with E-state index in [-0.39, 0.29) is 6.04 Å². The van der Waals surface area contributed by atoms with E-state index in [9.17, 15) is 0 Å². The summed E-state index contributed by atoms with van der Waals surface area (Å²) in [5, 5.41) is 0.800. The molecular weight excluding hydrogens is 284 g/mol. The Balaban J connectivity index is 1.98. The van der Waals surface area contributed by atoms with Crippen LogP contribution < -0.4 is 10.6 Å². The van der Waals surface area contributed by atoms with Crippen LogP contribution in [0.4, 0.5) is 5.69 Å². The van der Waals surface area contributed by atoms with Crippen LogP contribution in [0, 0.1) is 0 Å². The number of hydrogen-bond acceptors (Lipinski definition) is 3. The summed E-state index contributed by atoms with van der Waals surface area (Å²) in [7, 11) is 2.08. The number of benzene rings is 1. The van der Waals surface area contributed by atoms with Gasteiger partial charge < -0.3 is 15.4 Å². The number of nitrogens with zero attached hydrogens (tertiary/aromatic N) is 1. The molecule has 0 spiro atoms. The van der Waals surface area contributed by atoms with Gasteiger partial charge >= 0.3 is 0 Å². The van der Waals surface area contributed by atoms with E-state index in [1.54, 1.807) is 0 Å². The Bertz CT molecular complexity index is 446. The lowest BCUT2D eigenvalue weighted by atomic mass is 10.0. The molecule has 1 saturated heterocycles. The highest BCUT2D eigenvalue weighted by atomic mass is 35.5. The van der Waals surface area contributed by atoms with Crippen molar-refractivity contribution in [1.82, 2.24) is 0 Å². The Morgan fingerprint density at radius 2 is 2.24 bits per heavy atom. The predicted octanol–water partition coefficient (Wildman–Crippen LogP) is 3.63. The van der Waals surface area contributed by atoms with Crippen LogP contribution in [0.3, 0.4) is 0 Å². The number of ether oxygens (including phenoxy) is 1. The zero-order valence-electron chi connectivity index (χ0n) is 13.1. The number of likely N-dealkylation sites (N-methyl/N-ethyl adjacent to an activating group) is 1. The first-order valence-corrected chi connectivity index (χ1v) is 8.34. The van der Waals surface area contributed by atoms with E-state index in [4.69, 9.17) is 22.1 Å². The molecular formula is C17H27ClN2O. The largest absolute Gasteiger partial charge is 0.376 e. The second-order valence-corrected chi connectivity index (χ2v) is 6.43. The van der Waals surface area contributed by atoms with Gasteiger partial charge in [-0.25, -0.2) is 0 Å². The molecule has 2 N–H and O–H groups in total. The number of rotatable bonds is 6. The second-order valence-electron chi connectivity index (χ2n) is 6.03. The van der Waals surface area contributed by atoms with Crippen molar-refractivity contribution >= 4 is 17.3 Å². The summed E-state index contributed by atoms with van der Waals surface area (Å²) in [4.78, 5) is 2.20. The molecule has 0 amide bonds. The fraction of sp³-hybridized carbons (Fsp3) is 0.647. The zero-order valence-corrected chi connectivity index (χ0v) is 13.9. The molecule has 4 heteroatoms. The molecule has 2 atom stereocenters. The molecule has 0 aliphatic carbocycles. The Morgan fingerprint density at radius 1 is 1.43 bits per heavy atom. The zero-order chi connectivity index (χ0) is 15.2. The maximum Gasteiger partial charge on any atom is 0.0749 e. The first-order valence-electron chi connectivity index (χ1n) is 7.97. The molecule has 1 aromatic carbocycles. The van der Waals surface area contributed by atoms with Gasteiger partial charge in [-0.2, -0.15) is 0 Å². The van der Waals surface area contributed by atoms with Crippen molar-refractivity contribution in [3.05, 3.63) is 28.8 Å². The van der Waals surface area contributed by atoms with Gasteiger partial charge in [-0.1, -0.05) is 24.6 Å². The minimum atomic E-state index is 0.209. The summed E-state index contributed by atoms with van der Waals surface area (Å²) < 4.78 is 5.80. The van der Waals surface area contributed by atoms with Crippen molar-refractivity contribution in [2.24, 2.45) is 5.73 Å². The molecule has 1 aromatic rings. The summed E-state index contributed by atoms with van der Waals surface area (Å²) in [6.07, 6.45) is 5.79. The molecule has 2 unspecified atom stereocenters. The van der Waals surface area contributed by atoms with Crippen molar-refractivity contribution < 1.29 is 4.74 Å². The van der Waals surface area contributed by atoms with Gasteiger partial charge in [0.15, 0.2) is 0 Å². The quantitative estimate of drug-likeness (QED) is 0.872. The molecule has 21 heavy (non-hydrogen) atoms. The molecule has 2 rings (SSSR count). The normalized spacial score (nSPS) is 20.3. The first kappa shape index (κ1) is 16.6. The van der Waals surface area contributed by atoms with Crippen LogP contribution in [-0.2, 0) is 11.2 Å². The lowest BCUT2D eigenvalue weighted by Gasteiger charge is -2.29. The predicted molar refractivity (Wildman–Crippen MR) is 90.3 cm³/mol. The lowest BCUT2D eigenvalue weighted by molar-refractivity contribution is 0.0216. The van der Waals surface area contributed by atoms with E-state index < -0.39 is 0 Å². The monoisotopic (exact) mass is 310 g/mol. The fourth-order valence-corrected chi connectivity index (χ4v) is 3.14. The minimum Gasteiger partial charge on any atom is -0.376 e. The highest BCUT2D eigenvalue weighted by Gasteiger charge is 2.17. The van der Waals surface area contributed by atoms with Crippen LogP contribution in [0.1, 0.15) is 38.2 Å². The van der Waals surface area contributed by atoms with E-state index >= 15 is 0 Å². The summed E-state index contributed by atoms with van der Waals surface area (Å²) in [5.74, 6) is 0. The van der Waals surface area contributed by atoms with Crippen molar-refractivity contribution in [1.29, 1.82) is 0 Å². The molecule has 1 heterocycles. The lowest BCUT2D eigenvalue weighted by Crippen LogP contribution is -2.33. The average Bonchev–Trinajstić information content (AvgIpc) is 2.48. The van der Waals surface area contributed by atoms with E-state index in [2.05, 4.69) is 31.0 Å². The summed E-state index contributed by atoms with van der Waals surface area (Å²) in [6.45, 7) is 3.90. The Hall–Kier alpha value is -0.770. The minimum absolute atomic E-state index is 0.209. The van der Waals surface area contributed by atoms with Gasteiger partial charge in [-0.05, 0) is 49.8 Å². The molecule has 1 aliphatic heterocycles. The number of nitrogens with two attached hydrogens (primary N) is 1. The standard InChI is InChI=1S/C17H27ClN2O/c1-3-14(19)10-13-7-8-17(16(18)11-13)20(2)12-15-6-4-5-9-21-15/h7-8,11,14-15H,3-6,9-10,12,19H2,1-2H3. The van der Waals surface area contributed by atoms with E-state index in [0.29, 0.717) is 6.10 Å². The van der Waals surface area contributed by atoms with Gasteiger partial charge in [-0.3, -0.25) is 0 Å². The number of halogens is 1. The van der Waals surface area contributed by atoms with Gasteiger partial charge in [0.1, 0.15) is 0 Å². The van der Waals surface area contributed by atoms with Gasteiger partial charge in [0.25, 0.3) is 0 Å². The summed E-state index contributed by atoms with van der Waals surface area (Å²) in [5.41, 5.74) is 8.28. The van der Waals surface area contributed by atoms with E-state index in [1.165, 1.54) is 18.4 Å². The van der Waals surface area contributed by atoms with Crippen molar-refractivity contribution in [3.8, 4) is 0 Å². The van der Waals surface area contributed by atoms with Crippen LogP contribution in [0.2, 0.25) is 5.02 Å². The van der Waals surface area contributed by atoms with Gasteiger partial charge in [0, 0.05) is 26.2 Å². The smallest absolute Gasteiger partial charge is 0.0749 e. The highest BCUT2D eigenvalue weighted by molar-refractivity contribution is 6.33. The Kier molecular flexibility index (Phi) is 6.34. The third-order valence-corrected chi connectivity index (χ3v) is 4.50. The maximum absolute atomic E-state index is 6.45. The molecule has 118 valence electrons. The molecule has 0 bridgehead atoms. The second kappa shape index (κ2) is 8.02. The molecule has 0 radical (unpaired) electrons. The third-order valence-electron chi connectivity index (χ3n) is 4.20. The van der Waals surface area contributed by atoms with Crippen molar-refractivity contribution in [2.75, 3.05) is 25.1 Å². The fourth-order valence-electron chi connectivity index (χ4n) is 2.79. The van der Waals surface area contributed by atoms with Crippen LogP contribution in [-0.4, -0.2) is 32.3 Å². The molecule has 1 fully saturated rings. The Morgan fingerprint density at radius 3 is 2.86 bits per heavy atom. The number of hydrogen-bond donors (Lipinski definition) is 1. The molecule has 0 aromatic heterocycles. The SMILES string of the molecule is CCC(N)Cc1ccc(N(C)CC2CCCCO2)c(Cl)c1. The summed E-state index contributed by atoms with van der Waals surface area (Å²) >= 11 is 6.45. The third kappa shape index (κ3) is 4.87. The first-order chi connectivity index (χ1) is 10.1. The van der Waals surface area contributed by atoms with E-state index in [0.717, 1.165) is 43.1 Å².